The van der Waals surface area contributed by atoms with Crippen molar-refractivity contribution < 1.29 is 9.59 Å². The molecule has 5 nitrogen and oxygen atoms in total. The van der Waals surface area contributed by atoms with Crippen LogP contribution in [0.4, 0.5) is 5.69 Å². The van der Waals surface area contributed by atoms with Gasteiger partial charge in [0.1, 0.15) is 0 Å². The summed E-state index contributed by atoms with van der Waals surface area (Å²) in [6.07, 6.45) is 1.16. The first-order chi connectivity index (χ1) is 10.9. The second-order valence-electron chi connectivity index (χ2n) is 6.99. The zero-order valence-corrected chi connectivity index (χ0v) is 14.1. The Kier molecular flexibility index (Phi) is 4.15. The Morgan fingerprint density at radius 1 is 1.17 bits per heavy atom. The van der Waals surface area contributed by atoms with Gasteiger partial charge < -0.3 is 15.5 Å². The van der Waals surface area contributed by atoms with E-state index in [1.807, 2.05) is 18.7 Å². The molecule has 2 atom stereocenters. The van der Waals surface area contributed by atoms with Crippen LogP contribution >= 0.6 is 0 Å². The minimum atomic E-state index is -0.243. The Morgan fingerprint density at radius 2 is 1.83 bits per heavy atom. The third-order valence-electron chi connectivity index (χ3n) is 4.92. The molecule has 0 unspecified atom stereocenters. The molecule has 2 heterocycles. The maximum absolute atomic E-state index is 12.6. The van der Waals surface area contributed by atoms with Crippen LogP contribution in [0.15, 0.2) is 12.1 Å². The number of hydrogen-bond acceptors (Lipinski definition) is 3. The maximum atomic E-state index is 12.6. The lowest BCUT2D eigenvalue weighted by molar-refractivity contribution is -0.134. The largest absolute Gasteiger partial charge is 0.341 e. The van der Waals surface area contributed by atoms with Gasteiger partial charge in [0.2, 0.25) is 11.8 Å². The summed E-state index contributed by atoms with van der Waals surface area (Å²) in [7, 11) is 0. The summed E-state index contributed by atoms with van der Waals surface area (Å²) in [6.45, 7) is 7.92. The number of benzene rings is 1. The third kappa shape index (κ3) is 2.98. The molecule has 2 saturated heterocycles. The summed E-state index contributed by atoms with van der Waals surface area (Å²) in [4.78, 5) is 28.7. The van der Waals surface area contributed by atoms with E-state index in [1.165, 1.54) is 5.56 Å². The zero-order chi connectivity index (χ0) is 16.7. The molecule has 0 spiro atoms. The van der Waals surface area contributed by atoms with Crippen LogP contribution in [0.5, 0.6) is 0 Å². The van der Waals surface area contributed by atoms with Crippen molar-refractivity contribution in [1.82, 2.24) is 4.90 Å². The van der Waals surface area contributed by atoms with Crippen LogP contribution < -0.4 is 10.6 Å². The first-order valence-corrected chi connectivity index (χ1v) is 8.29. The highest BCUT2D eigenvalue weighted by Crippen LogP contribution is 2.32. The average Bonchev–Trinajstić information content (AvgIpc) is 3.04. The Hall–Kier alpha value is -1.88. The van der Waals surface area contributed by atoms with Gasteiger partial charge in [-0.05, 0) is 38.3 Å². The standard InChI is InChI=1S/C18H25N3O2/c1-11-6-12(2)17(13(3)7-11)21-9-14(8-16(21)22)18(23)20-5-4-15(19)10-20/h6-7,14-15H,4-5,8-10,19H2,1-3H3/t14-,15-/m1/s1. The van der Waals surface area contributed by atoms with Crippen molar-refractivity contribution in [2.24, 2.45) is 11.7 Å². The van der Waals surface area contributed by atoms with E-state index in [1.54, 1.807) is 4.90 Å². The summed E-state index contributed by atoms with van der Waals surface area (Å²) in [5.41, 5.74) is 10.2. The topological polar surface area (TPSA) is 66.6 Å². The summed E-state index contributed by atoms with van der Waals surface area (Å²) >= 11 is 0. The first-order valence-electron chi connectivity index (χ1n) is 8.29. The van der Waals surface area contributed by atoms with Gasteiger partial charge in [0.05, 0.1) is 5.92 Å². The first kappa shape index (κ1) is 16.0. The fourth-order valence-corrected chi connectivity index (χ4v) is 3.93. The summed E-state index contributed by atoms with van der Waals surface area (Å²) in [6, 6.07) is 4.25. The summed E-state index contributed by atoms with van der Waals surface area (Å²) < 4.78 is 0. The molecular weight excluding hydrogens is 290 g/mol. The molecule has 0 aliphatic carbocycles. The predicted octanol–water partition coefficient (Wildman–Crippen LogP) is 1.52. The molecule has 2 N–H and O–H groups in total. The number of carbonyl (C=O) groups excluding carboxylic acids is 2. The van der Waals surface area contributed by atoms with Crippen LogP contribution in [0, 0.1) is 26.7 Å². The lowest BCUT2D eigenvalue weighted by Gasteiger charge is -2.23. The van der Waals surface area contributed by atoms with Gasteiger partial charge in [0.15, 0.2) is 0 Å². The van der Waals surface area contributed by atoms with Crippen LogP contribution in [0.25, 0.3) is 0 Å². The van der Waals surface area contributed by atoms with Crippen molar-refractivity contribution in [3.05, 3.63) is 28.8 Å². The molecule has 2 aliphatic heterocycles. The van der Waals surface area contributed by atoms with Crippen LogP contribution in [0.3, 0.4) is 0 Å². The number of nitrogens with zero attached hydrogens (tertiary/aromatic N) is 2. The molecule has 1 aromatic rings. The molecule has 23 heavy (non-hydrogen) atoms. The van der Waals surface area contributed by atoms with Crippen LogP contribution in [-0.4, -0.2) is 42.4 Å². The molecule has 3 rings (SSSR count). The number of hydrogen-bond donors (Lipinski definition) is 1. The molecule has 5 heteroatoms. The second-order valence-corrected chi connectivity index (χ2v) is 6.99. The Morgan fingerprint density at radius 3 is 2.39 bits per heavy atom. The molecule has 0 aromatic heterocycles. The van der Waals surface area contributed by atoms with Gasteiger partial charge in [-0.25, -0.2) is 0 Å². The zero-order valence-electron chi connectivity index (χ0n) is 14.1. The second kappa shape index (κ2) is 5.96. The molecular formula is C18H25N3O2. The van der Waals surface area contributed by atoms with E-state index in [2.05, 4.69) is 19.1 Å². The van der Waals surface area contributed by atoms with Crippen molar-refractivity contribution in [3.8, 4) is 0 Å². The maximum Gasteiger partial charge on any atom is 0.228 e. The third-order valence-corrected chi connectivity index (χ3v) is 4.92. The molecule has 2 fully saturated rings. The minimum Gasteiger partial charge on any atom is -0.341 e. The van der Waals surface area contributed by atoms with Crippen molar-refractivity contribution in [2.75, 3.05) is 24.5 Å². The molecule has 0 bridgehead atoms. The van der Waals surface area contributed by atoms with E-state index in [9.17, 15) is 9.59 Å². The van der Waals surface area contributed by atoms with Crippen molar-refractivity contribution in [1.29, 1.82) is 0 Å². The molecule has 2 amide bonds. The molecule has 0 saturated carbocycles. The van der Waals surface area contributed by atoms with Gasteiger partial charge in [0, 0.05) is 37.8 Å². The Bertz CT molecular complexity index is 633. The van der Waals surface area contributed by atoms with Gasteiger partial charge in [-0.2, -0.15) is 0 Å². The van der Waals surface area contributed by atoms with Crippen molar-refractivity contribution >= 4 is 17.5 Å². The number of carbonyl (C=O) groups is 2. The van der Waals surface area contributed by atoms with Gasteiger partial charge in [-0.3, -0.25) is 9.59 Å². The van der Waals surface area contributed by atoms with Crippen molar-refractivity contribution in [2.45, 2.75) is 39.7 Å². The predicted molar refractivity (Wildman–Crippen MR) is 90.3 cm³/mol. The highest BCUT2D eigenvalue weighted by atomic mass is 16.2. The van der Waals surface area contributed by atoms with Gasteiger partial charge in [0.25, 0.3) is 0 Å². The smallest absolute Gasteiger partial charge is 0.228 e. The number of amides is 2. The van der Waals surface area contributed by atoms with E-state index < -0.39 is 0 Å². The molecule has 124 valence electrons. The molecule has 1 aromatic carbocycles. The highest BCUT2D eigenvalue weighted by molar-refractivity contribution is 6.01. The number of aryl methyl sites for hydroxylation is 3. The van der Waals surface area contributed by atoms with E-state index in [4.69, 9.17) is 5.73 Å². The van der Waals surface area contributed by atoms with Gasteiger partial charge >= 0.3 is 0 Å². The number of likely N-dealkylation sites (tertiary alicyclic amines) is 1. The highest BCUT2D eigenvalue weighted by Gasteiger charge is 2.39. The van der Waals surface area contributed by atoms with Crippen molar-refractivity contribution in [3.63, 3.8) is 0 Å². The molecule has 2 aliphatic rings. The van der Waals surface area contributed by atoms with Gasteiger partial charge in [-0.1, -0.05) is 17.7 Å². The lowest BCUT2D eigenvalue weighted by atomic mass is 10.0. The SMILES string of the molecule is Cc1cc(C)c(N2C[C@H](C(=O)N3CC[C@@H](N)C3)CC2=O)c(C)c1. The lowest BCUT2D eigenvalue weighted by Crippen LogP contribution is -2.37. The monoisotopic (exact) mass is 315 g/mol. The van der Waals surface area contributed by atoms with E-state index in [-0.39, 0.29) is 23.8 Å². The average molecular weight is 315 g/mol. The Labute approximate surface area is 137 Å². The number of rotatable bonds is 2. The van der Waals surface area contributed by atoms with Crippen LogP contribution in [0.2, 0.25) is 0 Å². The van der Waals surface area contributed by atoms with E-state index in [0.29, 0.717) is 26.1 Å². The van der Waals surface area contributed by atoms with E-state index in [0.717, 1.165) is 23.2 Å². The van der Waals surface area contributed by atoms with Crippen LogP contribution in [0.1, 0.15) is 29.5 Å². The quantitative estimate of drug-likeness (QED) is 0.900. The fourth-order valence-electron chi connectivity index (χ4n) is 3.93. The normalized spacial score (nSPS) is 24.6. The molecule has 0 radical (unpaired) electrons. The summed E-state index contributed by atoms with van der Waals surface area (Å²) in [5, 5.41) is 0. The fraction of sp³-hybridized carbons (Fsp3) is 0.556. The van der Waals surface area contributed by atoms with E-state index >= 15 is 0 Å². The van der Waals surface area contributed by atoms with Crippen LogP contribution in [-0.2, 0) is 9.59 Å². The summed E-state index contributed by atoms with van der Waals surface area (Å²) in [5.74, 6) is -0.119. The Balaban J connectivity index is 1.79. The number of nitrogens with two attached hydrogens (primary N) is 1. The van der Waals surface area contributed by atoms with Gasteiger partial charge in [-0.15, -0.1) is 0 Å². The minimum absolute atomic E-state index is 0.0434. The number of anilines is 1.